The third-order valence-corrected chi connectivity index (χ3v) is 26.8. The van der Waals surface area contributed by atoms with Gasteiger partial charge in [0.25, 0.3) is 0 Å². The fourth-order valence-corrected chi connectivity index (χ4v) is 20.2. The predicted molar refractivity (Wildman–Crippen MR) is 420 cm³/mol. The van der Waals surface area contributed by atoms with Crippen molar-refractivity contribution in [2.45, 2.75) is 290 Å². The van der Waals surface area contributed by atoms with E-state index in [4.69, 9.17) is 33.8 Å². The van der Waals surface area contributed by atoms with Gasteiger partial charge in [0.05, 0.1) is 48.4 Å². The molecule has 108 heavy (non-hydrogen) atoms. The van der Waals surface area contributed by atoms with E-state index in [1.165, 1.54) is 42.6 Å². The van der Waals surface area contributed by atoms with E-state index in [1.54, 1.807) is 19.6 Å². The Kier molecular flexibility index (Phi) is 25.6. The van der Waals surface area contributed by atoms with Crippen molar-refractivity contribution >= 4 is 50.3 Å². The number of unbranched alkanes of at least 4 members (excludes halogenated alkanes) is 7. The minimum absolute atomic E-state index is 0. The maximum absolute atomic E-state index is 14.6. The summed E-state index contributed by atoms with van der Waals surface area (Å²) in [5, 5.41) is 6.60. The van der Waals surface area contributed by atoms with Gasteiger partial charge in [0.15, 0.2) is 0 Å². The number of urea groups is 2. The first-order chi connectivity index (χ1) is 51.1. The number of amides is 8. The molecule has 7 aliphatic heterocycles. The molecule has 4 aromatic carbocycles. The Morgan fingerprint density at radius 2 is 1.11 bits per heavy atom. The topological polar surface area (TPSA) is 224 Å². The lowest BCUT2D eigenvalue weighted by Crippen LogP contribution is -2.65. The SMILES string of the molecule is C.C.CC1(C)[C@H]2CC3OB([C@@H]4CCCCCC/C=C/CN(Cc5ccccc5)C(=O)N5C[C@H](OC(=O)N6Cc7ccccc7C6)C[C@H]5C(=O)N4)O[C@]3(C)[C@@H]1C2.CC1(C)[C@H]2CC3OB([C@H](CCCCCCCCCCc4ccccc4)NC(=O)[C@@H]4C[C@@H](OC(=O)N5Cc6ccccc6C5)CN4C(N)=O)O[C@]3(C)[C@@H]1C2. The lowest BCUT2D eigenvalue weighted by Gasteiger charge is -2.64. The molecule has 0 aromatic heterocycles. The first-order valence-electron chi connectivity index (χ1n) is 40.3. The summed E-state index contributed by atoms with van der Waals surface area (Å²) >= 11 is 0. The zero-order valence-corrected chi connectivity index (χ0v) is 63.6. The molecule has 2 unspecified atom stereocenters. The Morgan fingerprint density at radius 3 is 1.69 bits per heavy atom. The molecule has 6 aliphatic carbocycles. The molecule has 4 bridgehead atoms. The lowest BCUT2D eigenvalue weighted by atomic mass is 9.43. The highest BCUT2D eigenvalue weighted by Crippen LogP contribution is 2.67. The van der Waals surface area contributed by atoms with E-state index >= 15 is 0 Å². The molecule has 0 spiro atoms. The largest absolute Gasteiger partial charge is 0.481 e. The van der Waals surface area contributed by atoms with Gasteiger partial charge in [0, 0.05) is 52.1 Å². The number of benzene rings is 4. The standard InChI is InChI=1S/C42H55BN4O6.C42H59BN4O6.2CH4/c1-41(2)32-22-35(41)42(3)36(23-32)52-43(53-42)37-20-12-7-5-4-6-8-15-21-45(25-29-16-10-9-11-17-29)39(49)47-28-33(24-34(47)38(48)44-37)51-40(50)46-26-30-18-13-14-19-31(30)27-46;1-41(2)32-23-35(41)42(3)36(24-32)52-43(53-42)37(22-14-9-7-5-4-6-8-11-17-29-18-12-10-13-19-29)45-38(48)34-25-33(28-47(34)39(44)49)51-40(50)46-26-30-20-15-16-21-31(30)27-46;;/h8-11,13-19,32-37H,4-7,12,20-28H2,1-3H3,(H,44,48);10,12-13,15-16,18-21,32-37H,4-9,11,14,17,22-28H2,1-3H3,(H2,44,49)(H,45,48);2*1H4/b15-8+;;;/t2*32-,33-,34+,35-,36?,37+,42-;;/m11../s1. The summed E-state index contributed by atoms with van der Waals surface area (Å²) in [5.41, 5.74) is 12.3. The fraction of sp³-hybridized carbons (Fsp3) is 0.628. The number of rotatable bonds is 19. The van der Waals surface area contributed by atoms with Crippen LogP contribution in [0.25, 0.3) is 0 Å². The van der Waals surface area contributed by atoms with Gasteiger partial charge in [0.1, 0.15) is 24.3 Å². The predicted octanol–water partition coefficient (Wildman–Crippen LogP) is 15.3. The van der Waals surface area contributed by atoms with Crippen LogP contribution >= 0.6 is 0 Å². The normalized spacial score (nSPS) is 30.4. The molecule has 10 fully saturated rings. The molecule has 4 N–H and O–H groups in total. The van der Waals surface area contributed by atoms with E-state index in [2.05, 4.69) is 94.7 Å². The minimum Gasteiger partial charge on any atom is -0.444 e. The van der Waals surface area contributed by atoms with Gasteiger partial charge < -0.3 is 59.2 Å². The second-order valence-electron chi connectivity index (χ2n) is 34.3. The second-order valence-corrected chi connectivity index (χ2v) is 34.3. The summed E-state index contributed by atoms with van der Waals surface area (Å²) < 4.78 is 39.1. The Bertz CT molecular complexity index is 3750. The number of aryl methyl sites for hydroxylation is 1. The van der Waals surface area contributed by atoms with Crippen LogP contribution in [0.15, 0.2) is 121 Å². The maximum atomic E-state index is 14.6. The number of carbonyl (C=O) groups is 6. The number of likely N-dealkylation sites (tertiary alicyclic amines) is 1. The van der Waals surface area contributed by atoms with Gasteiger partial charge in [-0.2, -0.15) is 0 Å². The van der Waals surface area contributed by atoms with Crippen LogP contribution in [0.2, 0.25) is 0 Å². The number of primary amides is 1. The molecule has 0 radical (unpaired) electrons. The van der Waals surface area contributed by atoms with Crippen molar-refractivity contribution in [2.75, 3.05) is 19.6 Å². The van der Waals surface area contributed by atoms with Crippen LogP contribution < -0.4 is 16.4 Å². The molecule has 7 heterocycles. The quantitative estimate of drug-likeness (QED) is 0.0453. The number of nitrogens with two attached hydrogens (primary N) is 1. The van der Waals surface area contributed by atoms with Gasteiger partial charge in [-0.15, -0.1) is 0 Å². The van der Waals surface area contributed by atoms with Crippen molar-refractivity contribution in [3.05, 3.63) is 155 Å². The minimum atomic E-state index is -0.850. The van der Waals surface area contributed by atoms with Crippen molar-refractivity contribution in [3.63, 3.8) is 0 Å². The third-order valence-electron chi connectivity index (χ3n) is 26.8. The number of hydrogen-bond acceptors (Lipinski definition) is 12. The van der Waals surface area contributed by atoms with Crippen molar-refractivity contribution in [1.29, 1.82) is 0 Å². The van der Waals surface area contributed by atoms with Crippen LogP contribution in [-0.2, 0) is 76.8 Å². The number of carbonyl (C=O) groups excluding carboxylic acids is 6. The van der Waals surface area contributed by atoms with E-state index in [0.29, 0.717) is 69.4 Å². The van der Waals surface area contributed by atoms with Crippen molar-refractivity contribution in [2.24, 2.45) is 40.2 Å². The number of ether oxygens (including phenoxy) is 2. The monoisotopic (exact) mass is 1480 g/mol. The molecule has 6 saturated carbocycles. The molecule has 22 heteroatoms. The summed E-state index contributed by atoms with van der Waals surface area (Å²) in [6, 6.07) is 34.0. The summed E-state index contributed by atoms with van der Waals surface area (Å²) in [4.78, 5) is 90.6. The number of nitrogens with zero attached hydrogens (tertiary/aromatic N) is 5. The van der Waals surface area contributed by atoms with Crippen LogP contribution in [0.5, 0.6) is 0 Å². The molecule has 20 nitrogen and oxygen atoms in total. The van der Waals surface area contributed by atoms with Crippen molar-refractivity contribution < 1.29 is 56.9 Å². The Hall–Kier alpha value is -7.39. The Labute approximate surface area is 643 Å². The van der Waals surface area contributed by atoms with Gasteiger partial charge in [-0.1, -0.05) is 228 Å². The van der Waals surface area contributed by atoms with Crippen LogP contribution in [0, 0.1) is 34.5 Å². The first kappa shape index (κ1) is 80.1. The van der Waals surface area contributed by atoms with Gasteiger partial charge in [0.2, 0.25) is 11.8 Å². The highest BCUT2D eigenvalue weighted by Gasteiger charge is 2.70. The average molecular weight is 1480 g/mol. The second kappa shape index (κ2) is 34.5. The maximum Gasteiger partial charge on any atom is 0.481 e. The van der Waals surface area contributed by atoms with Gasteiger partial charge in [-0.25, -0.2) is 19.2 Å². The molecular weight excluding hydrogens is 1360 g/mol. The lowest BCUT2D eigenvalue weighted by molar-refractivity contribution is -0.199. The molecular formula is C86H122B2N8O12. The fourth-order valence-electron chi connectivity index (χ4n) is 20.2. The van der Waals surface area contributed by atoms with Crippen molar-refractivity contribution in [3.8, 4) is 0 Å². The van der Waals surface area contributed by atoms with Crippen LogP contribution in [-0.4, -0.2) is 154 Å². The molecule has 4 aromatic rings. The molecule has 4 saturated heterocycles. The van der Waals surface area contributed by atoms with Gasteiger partial charge in [-0.05, 0) is 146 Å². The molecule has 14 atom stereocenters. The van der Waals surface area contributed by atoms with Gasteiger partial charge in [-0.3, -0.25) is 19.4 Å². The highest BCUT2D eigenvalue weighted by atomic mass is 16.7. The zero-order chi connectivity index (χ0) is 73.9. The summed E-state index contributed by atoms with van der Waals surface area (Å²) in [6.45, 7) is 16.7. The molecule has 584 valence electrons. The van der Waals surface area contributed by atoms with E-state index in [0.717, 1.165) is 118 Å². The van der Waals surface area contributed by atoms with Crippen molar-refractivity contribution in [1.82, 2.24) is 35.1 Å². The van der Waals surface area contributed by atoms with E-state index in [9.17, 15) is 28.8 Å². The number of hydrogen-bond donors (Lipinski definition) is 3. The number of fused-ring (bicyclic) bond motifs is 3. The van der Waals surface area contributed by atoms with Gasteiger partial charge >= 0.3 is 38.5 Å². The summed E-state index contributed by atoms with van der Waals surface area (Å²) in [7, 11) is -1.13. The zero-order valence-electron chi connectivity index (χ0n) is 63.6. The van der Waals surface area contributed by atoms with E-state index < -0.39 is 67.9 Å². The highest BCUT2D eigenvalue weighted by molar-refractivity contribution is 6.48. The van der Waals surface area contributed by atoms with Crippen LogP contribution in [0.4, 0.5) is 19.2 Å². The molecule has 13 aliphatic rings. The number of nitrogens with one attached hydrogen (secondary N) is 2. The number of allylic oxidation sites excluding steroid dienone is 1. The molecule has 17 rings (SSSR count). The Balaban J connectivity index is 0.000000198. The van der Waals surface area contributed by atoms with Crippen LogP contribution in [0.3, 0.4) is 0 Å². The molecule has 8 amide bonds. The summed E-state index contributed by atoms with van der Waals surface area (Å²) in [6.07, 6.45) is 23.8. The van der Waals surface area contributed by atoms with Crippen LogP contribution in [0.1, 0.15) is 225 Å². The Morgan fingerprint density at radius 1 is 0.593 bits per heavy atom. The smallest absolute Gasteiger partial charge is 0.444 e. The summed E-state index contributed by atoms with van der Waals surface area (Å²) in [5.74, 6) is 0.768. The van der Waals surface area contributed by atoms with E-state index in [1.807, 2.05) is 78.9 Å². The first-order valence-corrected chi connectivity index (χ1v) is 40.3. The van der Waals surface area contributed by atoms with E-state index in [-0.39, 0.29) is 93.6 Å². The average Bonchev–Trinajstić information content (AvgIpc) is 1.41. The third kappa shape index (κ3) is 17.2.